The monoisotopic (exact) mass is 227 g/mol. The lowest BCUT2D eigenvalue weighted by molar-refractivity contribution is -0.385. The van der Waals surface area contributed by atoms with Gasteiger partial charge in [0.05, 0.1) is 10.5 Å². The molecule has 0 atom stereocenters. The molecule has 0 aromatic heterocycles. The van der Waals surface area contributed by atoms with Crippen molar-refractivity contribution in [1.29, 1.82) is 0 Å². The number of nitro benzene ring substituents is 1. The average molecular weight is 228 g/mol. The first-order valence-corrected chi connectivity index (χ1v) is 4.17. The summed E-state index contributed by atoms with van der Waals surface area (Å²) in [4.78, 5) is 11.6. The van der Waals surface area contributed by atoms with Crippen LogP contribution in [0.15, 0.2) is 29.3 Å². The lowest BCUT2D eigenvalue weighted by atomic mass is 10.2. The van der Waals surface area contributed by atoms with Crippen molar-refractivity contribution in [3.63, 3.8) is 0 Å². The van der Waals surface area contributed by atoms with Gasteiger partial charge in [-0.25, -0.2) is 0 Å². The van der Waals surface area contributed by atoms with Crippen LogP contribution in [0.1, 0.15) is 5.56 Å². The van der Waals surface area contributed by atoms with Crippen molar-refractivity contribution >= 4 is 27.7 Å². The number of benzene rings is 1. The molecule has 1 aromatic rings. The third-order valence-corrected chi connectivity index (χ3v) is 1.64. The standard InChI is InChI=1S/C8H6BrNO2/c9-6-5-7-3-1-2-4-8(7)10(11)12/h1-6H/b6-5-. The molecule has 0 fully saturated rings. The Kier molecular flexibility index (Phi) is 2.99. The van der Waals surface area contributed by atoms with Gasteiger partial charge < -0.3 is 0 Å². The quantitative estimate of drug-likeness (QED) is 0.576. The SMILES string of the molecule is O=[N+]([O-])c1ccccc1/C=C\Br. The van der Waals surface area contributed by atoms with Gasteiger partial charge in [0.1, 0.15) is 0 Å². The fraction of sp³-hybridized carbons (Fsp3) is 0. The first kappa shape index (κ1) is 8.93. The molecule has 1 aromatic carbocycles. The summed E-state index contributed by atoms with van der Waals surface area (Å²) in [5.74, 6) is 0. The van der Waals surface area contributed by atoms with E-state index in [1.54, 1.807) is 29.3 Å². The molecule has 4 heteroatoms. The van der Waals surface area contributed by atoms with Crippen molar-refractivity contribution in [1.82, 2.24) is 0 Å². The second-order valence-electron chi connectivity index (χ2n) is 2.11. The van der Waals surface area contributed by atoms with Crippen LogP contribution >= 0.6 is 15.9 Å². The van der Waals surface area contributed by atoms with Crippen LogP contribution < -0.4 is 0 Å². The molecule has 0 aliphatic carbocycles. The normalized spacial score (nSPS) is 10.4. The van der Waals surface area contributed by atoms with Crippen LogP contribution in [0.5, 0.6) is 0 Å². The Morgan fingerprint density at radius 2 is 2.08 bits per heavy atom. The van der Waals surface area contributed by atoms with Crippen LogP contribution in [0.4, 0.5) is 5.69 Å². The van der Waals surface area contributed by atoms with Crippen molar-refractivity contribution in [3.8, 4) is 0 Å². The molecule has 0 aliphatic heterocycles. The molecule has 0 aliphatic rings. The van der Waals surface area contributed by atoms with Gasteiger partial charge >= 0.3 is 0 Å². The van der Waals surface area contributed by atoms with Gasteiger partial charge in [-0.1, -0.05) is 28.1 Å². The van der Waals surface area contributed by atoms with Crippen LogP contribution in [0.25, 0.3) is 6.08 Å². The van der Waals surface area contributed by atoms with Crippen molar-refractivity contribution in [2.75, 3.05) is 0 Å². The predicted molar refractivity (Wildman–Crippen MR) is 51.1 cm³/mol. The summed E-state index contributed by atoms with van der Waals surface area (Å²) in [6.45, 7) is 0. The van der Waals surface area contributed by atoms with Gasteiger partial charge in [-0.2, -0.15) is 0 Å². The summed E-state index contributed by atoms with van der Waals surface area (Å²) in [6, 6.07) is 6.57. The Morgan fingerprint density at radius 3 is 2.67 bits per heavy atom. The highest BCUT2D eigenvalue weighted by Gasteiger charge is 2.08. The number of nitro groups is 1. The Morgan fingerprint density at radius 1 is 1.42 bits per heavy atom. The first-order valence-electron chi connectivity index (χ1n) is 3.26. The minimum Gasteiger partial charge on any atom is -0.258 e. The number of hydrogen-bond acceptors (Lipinski definition) is 2. The first-order chi connectivity index (χ1) is 5.75. The van der Waals surface area contributed by atoms with E-state index in [0.717, 1.165) is 0 Å². The number of hydrogen-bond donors (Lipinski definition) is 0. The summed E-state index contributed by atoms with van der Waals surface area (Å²) in [5, 5.41) is 10.5. The summed E-state index contributed by atoms with van der Waals surface area (Å²) in [5.41, 5.74) is 0.715. The van der Waals surface area contributed by atoms with Crippen LogP contribution in [-0.4, -0.2) is 4.92 Å². The highest BCUT2D eigenvalue weighted by Crippen LogP contribution is 2.19. The van der Waals surface area contributed by atoms with E-state index < -0.39 is 4.92 Å². The number of para-hydroxylation sites is 1. The zero-order valence-corrected chi connectivity index (χ0v) is 7.69. The predicted octanol–water partition coefficient (Wildman–Crippen LogP) is 2.96. The van der Waals surface area contributed by atoms with E-state index >= 15 is 0 Å². The number of nitrogens with zero attached hydrogens (tertiary/aromatic N) is 1. The average Bonchev–Trinajstić information content (AvgIpc) is 2.05. The van der Waals surface area contributed by atoms with E-state index in [-0.39, 0.29) is 5.69 Å². The molecular weight excluding hydrogens is 222 g/mol. The van der Waals surface area contributed by atoms with E-state index in [4.69, 9.17) is 0 Å². The molecular formula is C8H6BrNO2. The van der Waals surface area contributed by atoms with E-state index in [1.165, 1.54) is 6.07 Å². The molecule has 3 nitrogen and oxygen atoms in total. The number of rotatable bonds is 2. The van der Waals surface area contributed by atoms with Crippen molar-refractivity contribution in [2.24, 2.45) is 0 Å². The molecule has 0 saturated carbocycles. The fourth-order valence-electron chi connectivity index (χ4n) is 0.863. The topological polar surface area (TPSA) is 43.1 Å². The second-order valence-corrected chi connectivity index (χ2v) is 2.64. The minimum atomic E-state index is -0.400. The Hall–Kier alpha value is -1.16. The van der Waals surface area contributed by atoms with Gasteiger partial charge in [-0.3, -0.25) is 10.1 Å². The third kappa shape index (κ3) is 1.92. The third-order valence-electron chi connectivity index (χ3n) is 1.38. The minimum absolute atomic E-state index is 0.119. The molecule has 1 rings (SSSR count). The van der Waals surface area contributed by atoms with Crippen LogP contribution in [0, 0.1) is 10.1 Å². The fourth-order valence-corrected chi connectivity index (χ4v) is 1.15. The van der Waals surface area contributed by atoms with Gasteiger partial charge in [-0.05, 0) is 17.1 Å². The van der Waals surface area contributed by atoms with Crippen LogP contribution in [0.3, 0.4) is 0 Å². The van der Waals surface area contributed by atoms with Gasteiger partial charge in [-0.15, -0.1) is 0 Å². The summed E-state index contributed by atoms with van der Waals surface area (Å²) in [7, 11) is 0. The van der Waals surface area contributed by atoms with E-state index in [0.29, 0.717) is 5.56 Å². The maximum atomic E-state index is 10.5. The maximum absolute atomic E-state index is 10.5. The number of halogens is 1. The van der Waals surface area contributed by atoms with Gasteiger partial charge in [0.25, 0.3) is 5.69 Å². The van der Waals surface area contributed by atoms with E-state index in [9.17, 15) is 10.1 Å². The molecule has 0 N–H and O–H groups in total. The Labute approximate surface area is 78.0 Å². The van der Waals surface area contributed by atoms with E-state index in [1.807, 2.05) is 0 Å². The zero-order chi connectivity index (χ0) is 8.97. The molecule has 0 radical (unpaired) electrons. The molecule has 0 spiro atoms. The molecule has 0 amide bonds. The van der Waals surface area contributed by atoms with Crippen LogP contribution in [0.2, 0.25) is 0 Å². The molecule has 62 valence electrons. The summed E-state index contributed by atoms with van der Waals surface area (Å²) in [6.07, 6.45) is 1.64. The Balaban J connectivity index is 3.17. The van der Waals surface area contributed by atoms with Crippen LogP contribution in [-0.2, 0) is 0 Å². The lowest BCUT2D eigenvalue weighted by Gasteiger charge is -1.94. The molecule has 12 heavy (non-hydrogen) atoms. The summed E-state index contributed by atoms with van der Waals surface area (Å²) < 4.78 is 0. The smallest absolute Gasteiger partial charge is 0.258 e. The molecule has 0 bridgehead atoms. The maximum Gasteiger partial charge on any atom is 0.276 e. The van der Waals surface area contributed by atoms with E-state index in [2.05, 4.69) is 15.9 Å². The molecule has 0 unspecified atom stereocenters. The highest BCUT2D eigenvalue weighted by atomic mass is 79.9. The Bertz CT molecular complexity index is 323. The van der Waals surface area contributed by atoms with Crippen molar-refractivity contribution < 1.29 is 4.92 Å². The highest BCUT2D eigenvalue weighted by molar-refractivity contribution is 9.11. The van der Waals surface area contributed by atoms with Crippen molar-refractivity contribution in [3.05, 3.63) is 44.9 Å². The second kappa shape index (κ2) is 4.01. The molecule has 0 heterocycles. The lowest BCUT2D eigenvalue weighted by Crippen LogP contribution is -1.89. The van der Waals surface area contributed by atoms with Gasteiger partial charge in [0, 0.05) is 6.07 Å². The van der Waals surface area contributed by atoms with Crippen molar-refractivity contribution in [2.45, 2.75) is 0 Å². The molecule has 0 saturated heterocycles. The zero-order valence-electron chi connectivity index (χ0n) is 6.11. The van der Waals surface area contributed by atoms with Gasteiger partial charge in [0.15, 0.2) is 0 Å². The largest absolute Gasteiger partial charge is 0.276 e. The van der Waals surface area contributed by atoms with Gasteiger partial charge in [0.2, 0.25) is 0 Å². The summed E-state index contributed by atoms with van der Waals surface area (Å²) >= 11 is 3.07.